The SMILES string of the molecule is Fc1ccc(C(c2ccc(F)cc2)N2CCN(C3CC(c4nc(-c5ccc6ccc(-c7ccccc7)nc6c5)c5cnccn45)C3)CC2)cc1. The molecule has 0 N–H and O–H groups in total. The summed E-state index contributed by atoms with van der Waals surface area (Å²) in [7, 11) is 0. The van der Waals surface area contributed by atoms with E-state index in [1.807, 2.05) is 61.1 Å². The van der Waals surface area contributed by atoms with Crippen LogP contribution in [0.4, 0.5) is 8.78 Å². The van der Waals surface area contributed by atoms with E-state index in [0.717, 1.165) is 94.9 Å². The summed E-state index contributed by atoms with van der Waals surface area (Å²) in [5, 5.41) is 1.10. The van der Waals surface area contributed by atoms with Crippen LogP contribution in [0.2, 0.25) is 0 Å². The van der Waals surface area contributed by atoms with Crippen LogP contribution in [0.25, 0.3) is 38.9 Å². The van der Waals surface area contributed by atoms with Crippen LogP contribution in [0.1, 0.15) is 41.8 Å². The Hall–Kier alpha value is -5.31. The second-order valence-corrected chi connectivity index (χ2v) is 13.5. The summed E-state index contributed by atoms with van der Waals surface area (Å²) < 4.78 is 29.8. The number of pyridine rings is 1. The normalized spacial score (nSPS) is 18.5. The van der Waals surface area contributed by atoms with Crippen molar-refractivity contribution in [3.63, 3.8) is 0 Å². The van der Waals surface area contributed by atoms with Gasteiger partial charge in [0.15, 0.2) is 0 Å². The molecule has 8 heteroatoms. The van der Waals surface area contributed by atoms with Gasteiger partial charge in [-0.25, -0.2) is 18.7 Å². The van der Waals surface area contributed by atoms with Gasteiger partial charge in [-0.2, -0.15) is 0 Å². The first kappa shape index (κ1) is 30.7. The van der Waals surface area contributed by atoms with E-state index in [1.165, 1.54) is 24.3 Å². The first-order chi connectivity index (χ1) is 24.6. The van der Waals surface area contributed by atoms with Crippen LogP contribution >= 0.6 is 0 Å². The monoisotopic (exact) mass is 662 g/mol. The predicted octanol–water partition coefficient (Wildman–Crippen LogP) is 8.54. The molecule has 0 unspecified atom stereocenters. The maximum Gasteiger partial charge on any atom is 0.123 e. The third-order valence-corrected chi connectivity index (χ3v) is 10.6. The molecule has 248 valence electrons. The lowest BCUT2D eigenvalue weighted by Crippen LogP contribution is -2.54. The molecule has 0 bridgehead atoms. The summed E-state index contributed by atoms with van der Waals surface area (Å²) in [4.78, 5) is 19.8. The molecular weight excluding hydrogens is 627 g/mol. The van der Waals surface area contributed by atoms with Crippen molar-refractivity contribution in [2.45, 2.75) is 30.8 Å². The highest BCUT2D eigenvalue weighted by molar-refractivity contribution is 5.88. The Labute approximate surface area is 289 Å². The zero-order chi connectivity index (χ0) is 33.6. The van der Waals surface area contributed by atoms with Crippen molar-refractivity contribution >= 4 is 16.4 Å². The number of aromatic nitrogens is 4. The smallest absolute Gasteiger partial charge is 0.123 e. The Morgan fingerprint density at radius 2 is 1.36 bits per heavy atom. The molecule has 1 saturated heterocycles. The van der Waals surface area contributed by atoms with Gasteiger partial charge in [0.2, 0.25) is 0 Å². The molecule has 6 nitrogen and oxygen atoms in total. The number of halogens is 2. The fraction of sp³-hybridized carbons (Fsp3) is 0.214. The summed E-state index contributed by atoms with van der Waals surface area (Å²) in [5.74, 6) is 0.940. The van der Waals surface area contributed by atoms with Gasteiger partial charge in [0, 0.05) is 67.0 Å². The third-order valence-electron chi connectivity index (χ3n) is 10.6. The molecule has 0 atom stereocenters. The van der Waals surface area contributed by atoms with Gasteiger partial charge in [0.1, 0.15) is 17.5 Å². The van der Waals surface area contributed by atoms with Crippen molar-refractivity contribution in [2.75, 3.05) is 26.2 Å². The van der Waals surface area contributed by atoms with Crippen molar-refractivity contribution in [3.05, 3.63) is 156 Å². The zero-order valence-electron chi connectivity index (χ0n) is 27.5. The van der Waals surface area contributed by atoms with E-state index in [2.05, 4.69) is 61.6 Å². The number of nitrogens with zero attached hydrogens (tertiary/aromatic N) is 6. The summed E-state index contributed by atoms with van der Waals surface area (Å²) >= 11 is 0. The van der Waals surface area contributed by atoms with E-state index >= 15 is 0 Å². The quantitative estimate of drug-likeness (QED) is 0.171. The first-order valence-electron chi connectivity index (χ1n) is 17.3. The van der Waals surface area contributed by atoms with Gasteiger partial charge in [-0.1, -0.05) is 72.8 Å². The number of hydrogen-bond donors (Lipinski definition) is 0. The van der Waals surface area contributed by atoms with E-state index in [0.29, 0.717) is 12.0 Å². The molecule has 0 amide bonds. The Morgan fingerprint density at radius 3 is 2.06 bits per heavy atom. The molecule has 50 heavy (non-hydrogen) atoms. The molecule has 4 aromatic carbocycles. The minimum absolute atomic E-state index is 0.0500. The maximum absolute atomic E-state index is 13.8. The highest BCUT2D eigenvalue weighted by atomic mass is 19.1. The standard InChI is InChI=1S/C42H36F2N6/c43-34-13-8-30(9-14-34)41(31-10-15-35(44)16-11-31)49-22-20-48(21-23-49)36-24-33(25-36)42-47-40(39-27-45-18-19-50(39)42)32-7-6-29-12-17-37(46-38(29)26-32)28-4-2-1-3-5-28/h1-19,26-27,33,36,41H,20-25H2. The van der Waals surface area contributed by atoms with Crippen LogP contribution in [0.3, 0.4) is 0 Å². The molecule has 2 aliphatic rings. The highest BCUT2D eigenvalue weighted by Crippen LogP contribution is 2.42. The Balaban J connectivity index is 0.920. The van der Waals surface area contributed by atoms with E-state index in [4.69, 9.17) is 9.97 Å². The van der Waals surface area contributed by atoms with Gasteiger partial charge < -0.3 is 0 Å². The highest BCUT2D eigenvalue weighted by Gasteiger charge is 2.39. The molecule has 1 saturated carbocycles. The van der Waals surface area contributed by atoms with Gasteiger partial charge in [0.05, 0.1) is 34.7 Å². The summed E-state index contributed by atoms with van der Waals surface area (Å²) in [5.41, 5.74) is 8.01. The fourth-order valence-corrected chi connectivity index (χ4v) is 7.86. The minimum atomic E-state index is -0.253. The fourth-order valence-electron chi connectivity index (χ4n) is 7.86. The van der Waals surface area contributed by atoms with Crippen molar-refractivity contribution < 1.29 is 8.78 Å². The molecular formula is C42H36F2N6. The van der Waals surface area contributed by atoms with Crippen molar-refractivity contribution in [1.29, 1.82) is 0 Å². The van der Waals surface area contributed by atoms with E-state index in [9.17, 15) is 8.78 Å². The number of hydrogen-bond acceptors (Lipinski definition) is 5. The van der Waals surface area contributed by atoms with Crippen molar-refractivity contribution in [1.82, 2.24) is 29.2 Å². The Kier molecular flexibility index (Phi) is 7.90. The second-order valence-electron chi connectivity index (χ2n) is 13.5. The average Bonchev–Trinajstić information content (AvgIpc) is 3.52. The topological polar surface area (TPSA) is 49.6 Å². The minimum Gasteiger partial charge on any atom is -0.300 e. The van der Waals surface area contributed by atoms with Gasteiger partial charge in [-0.15, -0.1) is 0 Å². The van der Waals surface area contributed by atoms with E-state index in [1.54, 1.807) is 0 Å². The molecule has 0 spiro atoms. The summed E-state index contributed by atoms with van der Waals surface area (Å²) in [6.45, 7) is 3.65. The molecule has 7 aromatic rings. The summed E-state index contributed by atoms with van der Waals surface area (Å²) in [6.07, 6.45) is 7.90. The molecule has 1 aliphatic heterocycles. The third kappa shape index (κ3) is 5.74. The molecule has 0 radical (unpaired) electrons. The van der Waals surface area contributed by atoms with Crippen molar-refractivity contribution in [2.24, 2.45) is 0 Å². The number of benzene rings is 4. The van der Waals surface area contributed by atoms with Gasteiger partial charge in [-0.3, -0.25) is 19.2 Å². The van der Waals surface area contributed by atoms with Crippen LogP contribution in [0, 0.1) is 11.6 Å². The summed E-state index contributed by atoms with van der Waals surface area (Å²) in [6, 6.07) is 34.8. The van der Waals surface area contributed by atoms with Gasteiger partial charge in [0.25, 0.3) is 0 Å². The number of rotatable bonds is 7. The molecule has 1 aliphatic carbocycles. The van der Waals surface area contributed by atoms with E-state index in [-0.39, 0.29) is 17.7 Å². The maximum atomic E-state index is 13.8. The van der Waals surface area contributed by atoms with Crippen LogP contribution in [0.15, 0.2) is 128 Å². The van der Waals surface area contributed by atoms with Crippen LogP contribution in [0.5, 0.6) is 0 Å². The molecule has 3 aromatic heterocycles. The lowest BCUT2D eigenvalue weighted by Gasteiger charge is -2.47. The van der Waals surface area contributed by atoms with Crippen LogP contribution < -0.4 is 0 Å². The lowest BCUT2D eigenvalue weighted by molar-refractivity contribution is 0.0393. The van der Waals surface area contributed by atoms with Gasteiger partial charge >= 0.3 is 0 Å². The lowest BCUT2D eigenvalue weighted by atomic mass is 9.78. The number of piperazine rings is 1. The zero-order valence-corrected chi connectivity index (χ0v) is 27.5. The van der Waals surface area contributed by atoms with Crippen molar-refractivity contribution in [3.8, 4) is 22.5 Å². The second kappa shape index (κ2) is 12.9. The largest absolute Gasteiger partial charge is 0.300 e. The number of imidazole rings is 1. The molecule has 2 fully saturated rings. The molecule has 4 heterocycles. The Bertz CT molecular complexity index is 2230. The van der Waals surface area contributed by atoms with Crippen LogP contribution in [-0.2, 0) is 0 Å². The first-order valence-corrected chi connectivity index (χ1v) is 17.3. The predicted molar refractivity (Wildman–Crippen MR) is 193 cm³/mol. The average molecular weight is 663 g/mol. The molecule has 9 rings (SSSR count). The number of fused-ring (bicyclic) bond motifs is 2. The Morgan fingerprint density at radius 1 is 0.680 bits per heavy atom. The van der Waals surface area contributed by atoms with E-state index < -0.39 is 0 Å². The van der Waals surface area contributed by atoms with Crippen LogP contribution in [-0.4, -0.2) is 61.4 Å². The van der Waals surface area contributed by atoms with Gasteiger partial charge in [-0.05, 0) is 60.4 Å².